The van der Waals surface area contributed by atoms with E-state index in [2.05, 4.69) is 0 Å². The maximum absolute atomic E-state index is 11.1. The van der Waals surface area contributed by atoms with Crippen molar-refractivity contribution >= 4 is 11.9 Å². The van der Waals surface area contributed by atoms with Gasteiger partial charge >= 0.3 is 6.03 Å². The largest absolute Gasteiger partial charge is 0.364 e. The number of rotatable bonds is 2. The quantitative estimate of drug-likeness (QED) is 0.498. The van der Waals surface area contributed by atoms with E-state index in [0.29, 0.717) is 13.0 Å². The Kier molecular flexibility index (Phi) is 3.21. The summed E-state index contributed by atoms with van der Waals surface area (Å²) in [5.74, 6) is -0.483. The first-order chi connectivity index (χ1) is 6.13. The maximum Gasteiger partial charge on any atom is 0.318 e. The normalized spacial score (nSPS) is 27.2. The number of hydrogen-bond donors (Lipinski definition) is 3. The average molecular weight is 187 g/mol. The van der Waals surface area contributed by atoms with Crippen LogP contribution in [0.4, 0.5) is 4.79 Å². The highest BCUT2D eigenvalue weighted by Crippen LogP contribution is 2.18. The minimum absolute atomic E-state index is 0.0800. The number of amides is 3. The molecule has 0 saturated carbocycles. The third-order valence-corrected chi connectivity index (χ3v) is 1.91. The molecule has 2 atom stereocenters. The Hall–Kier alpha value is -1.14. The molecule has 0 bridgehead atoms. The minimum atomic E-state index is -0.857. The van der Waals surface area contributed by atoms with E-state index in [-0.39, 0.29) is 6.10 Å². The molecule has 1 fully saturated rings. The standard InChI is InChI=1S/C7H13N3O3/c8-3-4-1-2-5(13-4)6(11)10-7(9)12/h4-5H,1-3,8H2,(H3,9,10,11,12). The van der Waals surface area contributed by atoms with Crippen LogP contribution in [0.3, 0.4) is 0 Å². The SMILES string of the molecule is NCC1CCC(C(=O)NC(N)=O)O1. The van der Waals surface area contributed by atoms with E-state index in [0.717, 1.165) is 6.42 Å². The number of carbonyl (C=O) groups excluding carboxylic acids is 2. The number of nitrogens with two attached hydrogens (primary N) is 2. The fraction of sp³-hybridized carbons (Fsp3) is 0.714. The predicted molar refractivity (Wildman–Crippen MR) is 44.7 cm³/mol. The third-order valence-electron chi connectivity index (χ3n) is 1.91. The lowest BCUT2D eigenvalue weighted by Crippen LogP contribution is -2.41. The van der Waals surface area contributed by atoms with Crippen molar-refractivity contribution in [3.05, 3.63) is 0 Å². The van der Waals surface area contributed by atoms with Gasteiger partial charge in [0.05, 0.1) is 6.10 Å². The first-order valence-electron chi connectivity index (χ1n) is 4.09. The minimum Gasteiger partial charge on any atom is -0.364 e. The molecule has 0 aliphatic carbocycles. The van der Waals surface area contributed by atoms with Crippen molar-refractivity contribution in [2.24, 2.45) is 11.5 Å². The number of nitrogens with one attached hydrogen (secondary N) is 1. The van der Waals surface area contributed by atoms with Gasteiger partial charge in [0.1, 0.15) is 6.10 Å². The summed E-state index contributed by atoms with van der Waals surface area (Å²) < 4.78 is 5.23. The Bertz CT molecular complexity index is 219. The number of carbonyl (C=O) groups is 2. The second kappa shape index (κ2) is 4.20. The molecule has 0 aromatic heterocycles. The lowest BCUT2D eigenvalue weighted by molar-refractivity contribution is -0.130. The van der Waals surface area contributed by atoms with Gasteiger partial charge in [-0.05, 0) is 12.8 Å². The second-order valence-electron chi connectivity index (χ2n) is 2.91. The van der Waals surface area contributed by atoms with Crippen molar-refractivity contribution in [3.63, 3.8) is 0 Å². The molecule has 13 heavy (non-hydrogen) atoms. The Morgan fingerprint density at radius 1 is 1.46 bits per heavy atom. The van der Waals surface area contributed by atoms with E-state index in [9.17, 15) is 9.59 Å². The summed E-state index contributed by atoms with van der Waals surface area (Å²) in [6.07, 6.45) is 0.665. The lowest BCUT2D eigenvalue weighted by atomic mass is 10.2. The highest BCUT2D eigenvalue weighted by Gasteiger charge is 2.30. The molecule has 0 spiro atoms. The van der Waals surface area contributed by atoms with Crippen molar-refractivity contribution < 1.29 is 14.3 Å². The van der Waals surface area contributed by atoms with Crippen LogP contribution in [0, 0.1) is 0 Å². The van der Waals surface area contributed by atoms with Gasteiger partial charge in [-0.3, -0.25) is 10.1 Å². The van der Waals surface area contributed by atoms with Crippen LogP contribution in [-0.2, 0) is 9.53 Å². The first-order valence-corrected chi connectivity index (χ1v) is 4.09. The molecule has 1 aliphatic rings. The van der Waals surface area contributed by atoms with Gasteiger partial charge in [0.15, 0.2) is 0 Å². The summed E-state index contributed by atoms with van der Waals surface area (Å²) in [5, 5.41) is 1.96. The summed E-state index contributed by atoms with van der Waals surface area (Å²) in [7, 11) is 0. The number of imide groups is 1. The molecule has 6 heteroatoms. The van der Waals surface area contributed by atoms with Crippen LogP contribution in [0.2, 0.25) is 0 Å². The number of hydrogen-bond acceptors (Lipinski definition) is 4. The molecular formula is C7H13N3O3. The molecule has 2 unspecified atom stereocenters. The van der Waals surface area contributed by atoms with Gasteiger partial charge in [0.2, 0.25) is 0 Å². The van der Waals surface area contributed by atoms with Gasteiger partial charge in [-0.1, -0.05) is 0 Å². The van der Waals surface area contributed by atoms with E-state index in [1.54, 1.807) is 0 Å². The van der Waals surface area contributed by atoms with Crippen LogP contribution in [0.15, 0.2) is 0 Å². The summed E-state index contributed by atoms with van der Waals surface area (Å²) in [5.41, 5.74) is 10.1. The van der Waals surface area contributed by atoms with Crippen LogP contribution >= 0.6 is 0 Å². The molecule has 6 nitrogen and oxygen atoms in total. The molecule has 5 N–H and O–H groups in total. The van der Waals surface area contributed by atoms with E-state index in [1.807, 2.05) is 5.32 Å². The van der Waals surface area contributed by atoms with Gasteiger partial charge < -0.3 is 16.2 Å². The number of urea groups is 1. The second-order valence-corrected chi connectivity index (χ2v) is 2.91. The summed E-state index contributed by atoms with van der Waals surface area (Å²) in [6.45, 7) is 0.389. The third kappa shape index (κ3) is 2.67. The van der Waals surface area contributed by atoms with Gasteiger partial charge in [0.25, 0.3) is 5.91 Å². The molecule has 1 saturated heterocycles. The van der Waals surface area contributed by atoms with Gasteiger partial charge in [-0.2, -0.15) is 0 Å². The van der Waals surface area contributed by atoms with E-state index < -0.39 is 18.0 Å². The Morgan fingerprint density at radius 3 is 2.62 bits per heavy atom. The molecule has 3 amide bonds. The van der Waals surface area contributed by atoms with E-state index in [4.69, 9.17) is 16.2 Å². The van der Waals surface area contributed by atoms with E-state index >= 15 is 0 Å². The maximum atomic E-state index is 11.1. The molecule has 0 radical (unpaired) electrons. The van der Waals surface area contributed by atoms with Crippen molar-refractivity contribution in [1.82, 2.24) is 5.32 Å². The van der Waals surface area contributed by atoms with Crippen LogP contribution in [-0.4, -0.2) is 30.7 Å². The first kappa shape index (κ1) is 9.94. The lowest BCUT2D eigenvalue weighted by Gasteiger charge is -2.10. The summed E-state index contributed by atoms with van der Waals surface area (Å²) in [6, 6.07) is -0.857. The molecule has 1 rings (SSSR count). The van der Waals surface area contributed by atoms with Crippen LogP contribution in [0.5, 0.6) is 0 Å². The smallest absolute Gasteiger partial charge is 0.318 e. The highest BCUT2D eigenvalue weighted by atomic mass is 16.5. The van der Waals surface area contributed by atoms with Crippen molar-refractivity contribution in [1.29, 1.82) is 0 Å². The topological polar surface area (TPSA) is 107 Å². The van der Waals surface area contributed by atoms with Crippen molar-refractivity contribution in [2.75, 3.05) is 6.54 Å². The molecule has 0 aromatic carbocycles. The monoisotopic (exact) mass is 187 g/mol. The zero-order valence-electron chi connectivity index (χ0n) is 7.16. The zero-order chi connectivity index (χ0) is 9.84. The van der Waals surface area contributed by atoms with Crippen molar-refractivity contribution in [2.45, 2.75) is 25.0 Å². The average Bonchev–Trinajstić information content (AvgIpc) is 2.50. The fourth-order valence-electron chi connectivity index (χ4n) is 1.27. The molecule has 0 aromatic rings. The Labute approximate surface area is 75.6 Å². The molecule has 1 aliphatic heterocycles. The highest BCUT2D eigenvalue weighted by molar-refractivity contribution is 5.95. The summed E-state index contributed by atoms with van der Waals surface area (Å²) in [4.78, 5) is 21.5. The van der Waals surface area contributed by atoms with E-state index in [1.165, 1.54) is 0 Å². The Morgan fingerprint density at radius 2 is 2.15 bits per heavy atom. The molecular weight excluding hydrogens is 174 g/mol. The van der Waals surface area contributed by atoms with Gasteiger partial charge in [-0.15, -0.1) is 0 Å². The fourth-order valence-corrected chi connectivity index (χ4v) is 1.27. The summed E-state index contributed by atoms with van der Waals surface area (Å²) >= 11 is 0. The number of primary amides is 1. The van der Waals surface area contributed by atoms with Crippen molar-refractivity contribution in [3.8, 4) is 0 Å². The molecule has 1 heterocycles. The Balaban J connectivity index is 2.37. The number of ether oxygens (including phenoxy) is 1. The van der Waals surface area contributed by atoms with Crippen LogP contribution in [0.25, 0.3) is 0 Å². The zero-order valence-corrected chi connectivity index (χ0v) is 7.16. The van der Waals surface area contributed by atoms with Crippen LogP contribution in [0.1, 0.15) is 12.8 Å². The van der Waals surface area contributed by atoms with Gasteiger partial charge in [-0.25, -0.2) is 4.79 Å². The predicted octanol–water partition coefficient (Wildman–Crippen LogP) is -1.31. The molecule has 74 valence electrons. The van der Waals surface area contributed by atoms with Gasteiger partial charge in [0, 0.05) is 6.54 Å². The van der Waals surface area contributed by atoms with Crippen LogP contribution < -0.4 is 16.8 Å².